The van der Waals surface area contributed by atoms with Gasteiger partial charge < -0.3 is 15.0 Å². The second kappa shape index (κ2) is 7.15. The number of carbonyl (C=O) groups excluding carboxylic acids is 1. The van der Waals surface area contributed by atoms with Gasteiger partial charge in [0.15, 0.2) is 6.61 Å². The molecule has 0 spiro atoms. The average molecular weight is 411 g/mol. The Hall–Kier alpha value is -3.50. The lowest BCUT2D eigenvalue weighted by atomic mass is 10.1. The molecule has 2 heterocycles. The van der Waals surface area contributed by atoms with E-state index in [-0.39, 0.29) is 17.4 Å². The fraction of sp³-hybridized carbons (Fsp3) is 0.105. The van der Waals surface area contributed by atoms with Crippen molar-refractivity contribution in [3.05, 3.63) is 54.7 Å². The minimum Gasteiger partial charge on any atom is -0.482 e. The van der Waals surface area contributed by atoms with Crippen LogP contribution in [-0.2, 0) is 14.8 Å². The molecule has 3 aromatic rings. The summed E-state index contributed by atoms with van der Waals surface area (Å²) in [5, 5.41) is 8.13. The van der Waals surface area contributed by atoms with Crippen LogP contribution in [0.1, 0.15) is 0 Å². The first kappa shape index (κ1) is 18.8. The maximum atomic E-state index is 11.9. The molecule has 0 radical (unpaired) electrons. The molecule has 1 aromatic heterocycles. The molecule has 1 aliphatic rings. The van der Waals surface area contributed by atoms with E-state index in [1.165, 1.54) is 12.1 Å². The lowest BCUT2D eigenvalue weighted by molar-refractivity contribution is -0.120. The van der Waals surface area contributed by atoms with E-state index in [1.54, 1.807) is 42.4 Å². The summed E-state index contributed by atoms with van der Waals surface area (Å²) in [6.07, 6.45) is 1.61. The number of ether oxygens (including phenoxy) is 1. The molecule has 0 unspecified atom stereocenters. The fourth-order valence-electron chi connectivity index (χ4n) is 2.87. The number of anilines is 3. The van der Waals surface area contributed by atoms with Crippen molar-refractivity contribution in [1.29, 1.82) is 0 Å². The zero-order valence-electron chi connectivity index (χ0n) is 15.4. The number of nitrogens with zero attached hydrogens (tertiary/aromatic N) is 3. The molecule has 3 N–H and O–H groups in total. The van der Waals surface area contributed by atoms with Crippen molar-refractivity contribution in [3.8, 4) is 17.0 Å². The average Bonchev–Trinajstić information content (AvgIpc) is 2.71. The van der Waals surface area contributed by atoms with Crippen molar-refractivity contribution < 1.29 is 17.9 Å². The van der Waals surface area contributed by atoms with Gasteiger partial charge in [0.2, 0.25) is 16.0 Å². The first-order valence-electron chi connectivity index (χ1n) is 8.58. The molecule has 0 saturated carbocycles. The molecule has 29 heavy (non-hydrogen) atoms. The van der Waals surface area contributed by atoms with Crippen molar-refractivity contribution >= 4 is 33.3 Å². The Balaban J connectivity index is 1.60. The van der Waals surface area contributed by atoms with Gasteiger partial charge >= 0.3 is 0 Å². The predicted molar refractivity (Wildman–Crippen MR) is 107 cm³/mol. The highest BCUT2D eigenvalue weighted by Crippen LogP contribution is 2.35. The topological polar surface area (TPSA) is 128 Å². The van der Waals surface area contributed by atoms with E-state index in [4.69, 9.17) is 9.88 Å². The van der Waals surface area contributed by atoms with Crippen molar-refractivity contribution in [2.24, 2.45) is 5.14 Å². The maximum Gasteiger partial charge on any atom is 0.264 e. The highest BCUT2D eigenvalue weighted by molar-refractivity contribution is 7.89. The number of benzene rings is 2. The highest BCUT2D eigenvalue weighted by Gasteiger charge is 2.22. The van der Waals surface area contributed by atoms with Crippen LogP contribution in [0.3, 0.4) is 0 Å². The Kier molecular flexibility index (Phi) is 4.65. The van der Waals surface area contributed by atoms with Crippen LogP contribution in [0.2, 0.25) is 0 Å². The van der Waals surface area contributed by atoms with Gasteiger partial charge in [-0.15, -0.1) is 0 Å². The molecule has 0 atom stereocenters. The van der Waals surface area contributed by atoms with Gasteiger partial charge in [-0.3, -0.25) is 4.79 Å². The van der Waals surface area contributed by atoms with E-state index < -0.39 is 10.0 Å². The number of fused-ring (bicyclic) bond motifs is 1. The van der Waals surface area contributed by atoms with Gasteiger partial charge in [0, 0.05) is 24.5 Å². The van der Waals surface area contributed by atoms with Crippen LogP contribution in [0.4, 0.5) is 17.3 Å². The highest BCUT2D eigenvalue weighted by atomic mass is 32.2. The molecule has 1 aliphatic heterocycles. The molecule has 0 saturated heterocycles. The minimum atomic E-state index is -3.75. The number of carbonyl (C=O) groups is 1. The Morgan fingerprint density at radius 3 is 2.62 bits per heavy atom. The number of nitrogens with one attached hydrogen (secondary N) is 1. The Labute approximate surface area is 167 Å². The summed E-state index contributed by atoms with van der Waals surface area (Å²) in [6.45, 7) is 0.0225. The summed E-state index contributed by atoms with van der Waals surface area (Å²) in [7, 11) is -2.05. The number of amides is 1. The van der Waals surface area contributed by atoms with Gasteiger partial charge in [-0.1, -0.05) is 0 Å². The summed E-state index contributed by atoms with van der Waals surface area (Å²) in [5.41, 5.74) is 2.73. The van der Waals surface area contributed by atoms with E-state index >= 15 is 0 Å². The smallest absolute Gasteiger partial charge is 0.264 e. The standard InChI is InChI=1S/C19H17N5O4S/c1-24-16-10-12(2-7-17(16)28-11-18(24)25)15-8-9-21-19(23-15)22-13-3-5-14(6-4-13)29(20,26)27/h2-10H,11H2,1H3,(H2,20,26,27)(H,21,22,23). The van der Waals surface area contributed by atoms with Gasteiger partial charge in [-0.05, 0) is 48.5 Å². The molecule has 9 nitrogen and oxygen atoms in total. The number of hydrogen-bond acceptors (Lipinski definition) is 7. The Morgan fingerprint density at radius 2 is 1.90 bits per heavy atom. The third-order valence-electron chi connectivity index (χ3n) is 4.44. The monoisotopic (exact) mass is 411 g/mol. The summed E-state index contributed by atoms with van der Waals surface area (Å²) < 4.78 is 28.1. The lowest BCUT2D eigenvalue weighted by Gasteiger charge is -2.26. The molecule has 0 bridgehead atoms. The zero-order chi connectivity index (χ0) is 20.6. The van der Waals surface area contributed by atoms with Crippen molar-refractivity contribution in [2.75, 3.05) is 23.9 Å². The second-order valence-electron chi connectivity index (χ2n) is 6.38. The Morgan fingerprint density at radius 1 is 1.14 bits per heavy atom. The van der Waals surface area contributed by atoms with Gasteiger partial charge in [0.1, 0.15) is 5.75 Å². The maximum absolute atomic E-state index is 11.9. The van der Waals surface area contributed by atoms with Crippen molar-refractivity contribution in [1.82, 2.24) is 9.97 Å². The van der Waals surface area contributed by atoms with Crippen LogP contribution >= 0.6 is 0 Å². The molecule has 1 amide bonds. The van der Waals surface area contributed by atoms with Crippen LogP contribution in [0.15, 0.2) is 59.6 Å². The molecule has 2 aromatic carbocycles. The summed E-state index contributed by atoms with van der Waals surface area (Å²) in [5.74, 6) is 0.852. The molecular weight excluding hydrogens is 394 g/mol. The van der Waals surface area contributed by atoms with E-state index in [0.29, 0.717) is 28.8 Å². The van der Waals surface area contributed by atoms with Gasteiger partial charge in [-0.2, -0.15) is 0 Å². The first-order valence-corrected chi connectivity index (χ1v) is 10.1. The number of hydrogen-bond donors (Lipinski definition) is 2. The van der Waals surface area contributed by atoms with Gasteiger partial charge in [-0.25, -0.2) is 23.5 Å². The first-order chi connectivity index (χ1) is 13.8. The van der Waals surface area contributed by atoms with Crippen LogP contribution < -0.4 is 20.1 Å². The number of primary sulfonamides is 1. The second-order valence-corrected chi connectivity index (χ2v) is 7.95. The number of nitrogens with two attached hydrogens (primary N) is 1. The molecular formula is C19H17N5O4S. The fourth-order valence-corrected chi connectivity index (χ4v) is 3.38. The van der Waals surface area contributed by atoms with E-state index in [1.807, 2.05) is 12.1 Å². The van der Waals surface area contributed by atoms with Crippen LogP contribution in [0.5, 0.6) is 5.75 Å². The van der Waals surface area contributed by atoms with E-state index in [0.717, 1.165) is 5.56 Å². The molecule has 148 valence electrons. The molecule has 0 fully saturated rings. The quantitative estimate of drug-likeness (QED) is 0.671. The molecule has 10 heteroatoms. The zero-order valence-corrected chi connectivity index (χ0v) is 16.2. The lowest BCUT2D eigenvalue weighted by Crippen LogP contribution is -2.35. The predicted octanol–water partition coefficient (Wildman–Crippen LogP) is 1.89. The SMILES string of the molecule is CN1C(=O)COc2ccc(-c3ccnc(Nc4ccc(S(N)(=O)=O)cc4)n3)cc21. The number of aromatic nitrogens is 2. The molecule has 0 aliphatic carbocycles. The number of rotatable bonds is 4. The van der Waals surface area contributed by atoms with E-state index in [9.17, 15) is 13.2 Å². The van der Waals surface area contributed by atoms with Crippen LogP contribution in [0.25, 0.3) is 11.3 Å². The number of sulfonamides is 1. The third-order valence-corrected chi connectivity index (χ3v) is 5.37. The summed E-state index contributed by atoms with van der Waals surface area (Å²) >= 11 is 0. The van der Waals surface area contributed by atoms with Crippen LogP contribution in [0, 0.1) is 0 Å². The molecule has 4 rings (SSSR count). The van der Waals surface area contributed by atoms with E-state index in [2.05, 4.69) is 15.3 Å². The van der Waals surface area contributed by atoms with Crippen molar-refractivity contribution in [3.63, 3.8) is 0 Å². The van der Waals surface area contributed by atoms with Crippen molar-refractivity contribution in [2.45, 2.75) is 4.90 Å². The third kappa shape index (κ3) is 3.89. The summed E-state index contributed by atoms with van der Waals surface area (Å²) in [6, 6.07) is 13.2. The largest absolute Gasteiger partial charge is 0.482 e. The summed E-state index contributed by atoms with van der Waals surface area (Å²) in [4.78, 5) is 22.1. The van der Waals surface area contributed by atoms with Gasteiger partial charge in [0.05, 0.1) is 16.3 Å². The minimum absolute atomic E-state index is 0.0210. The Bertz CT molecular complexity index is 1200. The number of likely N-dealkylation sites (N-methyl/N-ethyl adjacent to an activating group) is 1. The normalized spacial score (nSPS) is 13.6. The van der Waals surface area contributed by atoms with Gasteiger partial charge in [0.25, 0.3) is 5.91 Å². The van der Waals surface area contributed by atoms with Crippen LogP contribution in [-0.4, -0.2) is 37.9 Å².